The molecule has 0 saturated heterocycles. The number of carbonyl (C=O) groups is 2. The summed E-state index contributed by atoms with van der Waals surface area (Å²) in [6, 6.07) is 2.39. The Morgan fingerprint density at radius 2 is 2.37 bits per heavy atom. The first-order valence-electron chi connectivity index (χ1n) is 6.26. The molecule has 1 fully saturated rings. The van der Waals surface area contributed by atoms with E-state index in [0.717, 1.165) is 0 Å². The second kappa shape index (κ2) is 4.27. The first-order valence-corrected chi connectivity index (χ1v) is 6.26. The molecule has 3 amide bonds. The van der Waals surface area contributed by atoms with Gasteiger partial charge in [-0.2, -0.15) is 0 Å². The third-order valence-electron chi connectivity index (χ3n) is 3.89. The number of aliphatic hydroxyl groups excluding tert-OH is 1. The largest absolute Gasteiger partial charge is 0.391 e. The van der Waals surface area contributed by atoms with Gasteiger partial charge in [0.25, 0.3) is 5.91 Å². The molecule has 2 aliphatic rings. The summed E-state index contributed by atoms with van der Waals surface area (Å²) >= 11 is 0. The van der Waals surface area contributed by atoms with Crippen molar-refractivity contribution in [2.45, 2.75) is 30.7 Å². The lowest BCUT2D eigenvalue weighted by Crippen LogP contribution is -2.57. The van der Waals surface area contributed by atoms with E-state index in [-0.39, 0.29) is 24.0 Å². The average molecular weight is 264 g/mol. The van der Waals surface area contributed by atoms with Gasteiger partial charge in [-0.1, -0.05) is 0 Å². The number of amides is 3. The molecule has 1 saturated carbocycles. The van der Waals surface area contributed by atoms with Crippen LogP contribution >= 0.6 is 0 Å². The van der Waals surface area contributed by atoms with Crippen molar-refractivity contribution >= 4 is 11.9 Å². The maximum Gasteiger partial charge on any atom is 0.314 e. The highest BCUT2D eigenvalue weighted by atomic mass is 16.3. The molecule has 2 heterocycles. The van der Waals surface area contributed by atoms with Crippen molar-refractivity contribution in [3.63, 3.8) is 0 Å². The number of urea groups is 1. The summed E-state index contributed by atoms with van der Waals surface area (Å²) in [5.74, 6) is -0.177. The van der Waals surface area contributed by atoms with Crippen molar-refractivity contribution in [2.75, 3.05) is 7.05 Å². The lowest BCUT2D eigenvalue weighted by molar-refractivity contribution is 0.0874. The monoisotopic (exact) mass is 264 g/mol. The van der Waals surface area contributed by atoms with Crippen molar-refractivity contribution in [1.82, 2.24) is 20.5 Å². The van der Waals surface area contributed by atoms with Gasteiger partial charge < -0.3 is 25.6 Å². The van der Waals surface area contributed by atoms with E-state index in [0.29, 0.717) is 12.1 Å². The standard InChI is InChI=1S/C12H16N4O3/c1-13-12(19)15-10-8(17)5-7-9(10)14-11(18)6-3-2-4-16(6)7/h2-4,7-10,17H,5H2,1H3,(H,14,18)(H2,13,15,19)/t7-,8-,9-,10-/m1/s1. The number of nitrogens with one attached hydrogen (secondary N) is 3. The normalized spacial score (nSPS) is 32.2. The molecule has 1 aromatic heterocycles. The van der Waals surface area contributed by atoms with Crippen LogP contribution in [-0.4, -0.2) is 46.8 Å². The van der Waals surface area contributed by atoms with Gasteiger partial charge in [-0.25, -0.2) is 4.79 Å². The molecule has 102 valence electrons. The van der Waals surface area contributed by atoms with Gasteiger partial charge in [0, 0.05) is 13.2 Å². The van der Waals surface area contributed by atoms with Crippen molar-refractivity contribution in [2.24, 2.45) is 0 Å². The van der Waals surface area contributed by atoms with Gasteiger partial charge in [0.2, 0.25) is 0 Å². The highest BCUT2D eigenvalue weighted by Crippen LogP contribution is 2.35. The van der Waals surface area contributed by atoms with Crippen LogP contribution in [0.3, 0.4) is 0 Å². The van der Waals surface area contributed by atoms with E-state index >= 15 is 0 Å². The number of rotatable bonds is 1. The minimum absolute atomic E-state index is 0.0279. The number of hydrogen-bond donors (Lipinski definition) is 4. The zero-order valence-electron chi connectivity index (χ0n) is 10.5. The second-order valence-electron chi connectivity index (χ2n) is 4.92. The molecular weight excluding hydrogens is 248 g/mol. The number of fused-ring (bicyclic) bond motifs is 3. The molecule has 3 rings (SSSR count). The van der Waals surface area contributed by atoms with Crippen LogP contribution in [0.25, 0.3) is 0 Å². The predicted molar refractivity (Wildman–Crippen MR) is 66.7 cm³/mol. The van der Waals surface area contributed by atoms with Crippen molar-refractivity contribution in [1.29, 1.82) is 0 Å². The summed E-state index contributed by atoms with van der Waals surface area (Å²) in [7, 11) is 1.51. The van der Waals surface area contributed by atoms with Crippen molar-refractivity contribution in [3.8, 4) is 0 Å². The van der Waals surface area contributed by atoms with Crippen LogP contribution in [0.1, 0.15) is 23.0 Å². The molecule has 19 heavy (non-hydrogen) atoms. The van der Waals surface area contributed by atoms with Crippen molar-refractivity contribution in [3.05, 3.63) is 24.0 Å². The molecule has 0 spiro atoms. The zero-order chi connectivity index (χ0) is 13.6. The topological polar surface area (TPSA) is 95.4 Å². The van der Waals surface area contributed by atoms with E-state index in [1.54, 1.807) is 6.07 Å². The van der Waals surface area contributed by atoms with Crippen LogP contribution < -0.4 is 16.0 Å². The maximum atomic E-state index is 12.0. The Bertz CT molecular complexity index is 527. The highest BCUT2D eigenvalue weighted by Gasteiger charge is 2.48. The molecule has 0 bridgehead atoms. The lowest BCUT2D eigenvalue weighted by atomic mass is 10.1. The fraction of sp³-hybridized carbons (Fsp3) is 0.500. The fourth-order valence-electron chi connectivity index (χ4n) is 3.00. The van der Waals surface area contributed by atoms with E-state index in [1.165, 1.54) is 7.05 Å². The van der Waals surface area contributed by atoms with E-state index < -0.39 is 12.1 Å². The van der Waals surface area contributed by atoms with Gasteiger partial charge >= 0.3 is 6.03 Å². The number of hydrogen-bond acceptors (Lipinski definition) is 3. The smallest absolute Gasteiger partial charge is 0.314 e. The van der Waals surface area contributed by atoms with E-state index in [1.807, 2.05) is 16.8 Å². The van der Waals surface area contributed by atoms with Gasteiger partial charge in [-0.05, 0) is 18.6 Å². The summed E-state index contributed by atoms with van der Waals surface area (Å²) < 4.78 is 1.87. The number of aliphatic hydroxyl groups is 1. The molecule has 4 N–H and O–H groups in total. The first-order chi connectivity index (χ1) is 9.11. The summed E-state index contributed by atoms with van der Waals surface area (Å²) in [6.45, 7) is 0. The van der Waals surface area contributed by atoms with Gasteiger partial charge in [0.05, 0.1) is 24.2 Å². The van der Waals surface area contributed by atoms with Gasteiger partial charge in [0.15, 0.2) is 0 Å². The van der Waals surface area contributed by atoms with Crippen LogP contribution in [0.15, 0.2) is 18.3 Å². The van der Waals surface area contributed by atoms with E-state index in [2.05, 4.69) is 16.0 Å². The predicted octanol–water partition coefficient (Wildman–Crippen LogP) is -0.797. The lowest BCUT2D eigenvalue weighted by Gasteiger charge is -2.32. The number of carbonyl (C=O) groups excluding carboxylic acids is 2. The van der Waals surface area contributed by atoms with Crippen LogP contribution in [0.2, 0.25) is 0 Å². The third kappa shape index (κ3) is 1.77. The molecule has 7 heteroatoms. The quantitative estimate of drug-likeness (QED) is 0.535. The van der Waals surface area contributed by atoms with Crippen molar-refractivity contribution < 1.29 is 14.7 Å². The minimum atomic E-state index is -0.680. The van der Waals surface area contributed by atoms with Crippen LogP contribution in [0, 0.1) is 0 Å². The van der Waals surface area contributed by atoms with Gasteiger partial charge in [-0.15, -0.1) is 0 Å². The first kappa shape index (κ1) is 12.0. The molecule has 1 aliphatic carbocycles. The summed E-state index contributed by atoms with van der Waals surface area (Å²) in [4.78, 5) is 23.4. The molecule has 1 aliphatic heterocycles. The van der Waals surface area contributed by atoms with Gasteiger partial charge in [-0.3, -0.25) is 4.79 Å². The highest BCUT2D eigenvalue weighted by molar-refractivity contribution is 5.94. The van der Waals surface area contributed by atoms with Crippen LogP contribution in [0.5, 0.6) is 0 Å². The molecule has 1 aromatic rings. The molecule has 4 atom stereocenters. The van der Waals surface area contributed by atoms with Gasteiger partial charge in [0.1, 0.15) is 5.69 Å². The Hall–Kier alpha value is -2.02. The Kier molecular flexibility index (Phi) is 2.70. The molecule has 0 aromatic carbocycles. The zero-order valence-corrected chi connectivity index (χ0v) is 10.5. The van der Waals surface area contributed by atoms with E-state index in [9.17, 15) is 14.7 Å². The fourth-order valence-corrected chi connectivity index (χ4v) is 3.00. The maximum absolute atomic E-state index is 12.0. The SMILES string of the molecule is CNC(=O)N[C@H]1[C@@H]2NC(=O)c3cccn3[C@@H]2C[C@H]1O. The third-order valence-corrected chi connectivity index (χ3v) is 3.89. The molecule has 0 radical (unpaired) electrons. The Morgan fingerprint density at radius 1 is 1.58 bits per heavy atom. The molecular formula is C12H16N4O3. The van der Waals surface area contributed by atoms with Crippen LogP contribution in [-0.2, 0) is 0 Å². The summed E-state index contributed by atoms with van der Waals surface area (Å²) in [6.07, 6.45) is 1.66. The summed E-state index contributed by atoms with van der Waals surface area (Å²) in [5.41, 5.74) is 0.592. The second-order valence-corrected chi connectivity index (χ2v) is 4.92. The number of nitrogens with zero attached hydrogens (tertiary/aromatic N) is 1. The van der Waals surface area contributed by atoms with Crippen LogP contribution in [0.4, 0.5) is 4.79 Å². The Morgan fingerprint density at radius 3 is 3.11 bits per heavy atom. The summed E-state index contributed by atoms with van der Waals surface area (Å²) in [5, 5.41) is 18.1. The number of aromatic nitrogens is 1. The van der Waals surface area contributed by atoms with E-state index in [4.69, 9.17) is 0 Å². The Labute approximate surface area is 110 Å². The minimum Gasteiger partial charge on any atom is -0.391 e. The molecule has 7 nitrogen and oxygen atoms in total. The Balaban J connectivity index is 1.89. The average Bonchev–Trinajstić information content (AvgIpc) is 2.97. The molecule has 0 unspecified atom stereocenters.